The van der Waals surface area contributed by atoms with Crippen molar-refractivity contribution in [2.45, 2.75) is 4.90 Å². The number of benzene rings is 1. The maximum atomic E-state index is 13.2. The Bertz CT molecular complexity index is 647. The highest BCUT2D eigenvalue weighted by atomic mass is 32.2. The smallest absolute Gasteiger partial charge is 0.339 e. The Kier molecular flexibility index (Phi) is 5.61. The number of sulfonamides is 1. The van der Waals surface area contributed by atoms with Gasteiger partial charge in [-0.3, -0.25) is 0 Å². The van der Waals surface area contributed by atoms with E-state index in [0.29, 0.717) is 6.07 Å². The van der Waals surface area contributed by atoms with Crippen molar-refractivity contribution in [2.24, 2.45) is 5.73 Å². The van der Waals surface area contributed by atoms with Crippen LogP contribution in [-0.4, -0.2) is 40.6 Å². The van der Waals surface area contributed by atoms with E-state index in [1.807, 2.05) is 0 Å². The van der Waals surface area contributed by atoms with Crippen molar-refractivity contribution in [3.63, 3.8) is 0 Å². The van der Waals surface area contributed by atoms with E-state index in [9.17, 15) is 22.4 Å². The Balaban J connectivity index is 2.99. The standard InChI is InChI=1S/C11H14FN3O5S/c1-20-10(16)8-3-2-7(12)6-9(8)21(18,19)15-5-4-14-11(13)17/h2-3,6,15H,4-5H2,1H3,(H3,13,14,17). The van der Waals surface area contributed by atoms with Crippen LogP contribution in [0.3, 0.4) is 0 Å². The third kappa shape index (κ3) is 4.68. The highest BCUT2D eigenvalue weighted by Gasteiger charge is 2.23. The quantitative estimate of drug-likeness (QED) is 0.484. The van der Waals surface area contributed by atoms with Gasteiger partial charge in [-0.2, -0.15) is 0 Å². The molecule has 0 aromatic heterocycles. The van der Waals surface area contributed by atoms with Crippen molar-refractivity contribution in [1.82, 2.24) is 10.0 Å². The van der Waals surface area contributed by atoms with Crippen LogP contribution < -0.4 is 15.8 Å². The number of ether oxygens (including phenoxy) is 1. The van der Waals surface area contributed by atoms with Crippen LogP contribution in [-0.2, 0) is 14.8 Å². The summed E-state index contributed by atoms with van der Waals surface area (Å²) >= 11 is 0. The molecule has 4 N–H and O–H groups in total. The van der Waals surface area contributed by atoms with Crippen molar-refractivity contribution >= 4 is 22.0 Å². The SMILES string of the molecule is COC(=O)c1ccc(F)cc1S(=O)(=O)NCCNC(N)=O. The molecule has 0 aliphatic heterocycles. The van der Waals surface area contributed by atoms with Crippen molar-refractivity contribution in [3.05, 3.63) is 29.6 Å². The zero-order valence-corrected chi connectivity index (χ0v) is 11.9. The van der Waals surface area contributed by atoms with Crippen molar-refractivity contribution in [2.75, 3.05) is 20.2 Å². The van der Waals surface area contributed by atoms with Crippen LogP contribution in [0.2, 0.25) is 0 Å². The number of amides is 2. The molecule has 0 heterocycles. The first-order valence-corrected chi connectivity index (χ1v) is 7.17. The minimum absolute atomic E-state index is 0.0581. The number of hydrogen-bond acceptors (Lipinski definition) is 5. The van der Waals surface area contributed by atoms with Crippen LogP contribution in [0.15, 0.2) is 23.1 Å². The van der Waals surface area contributed by atoms with Crippen molar-refractivity contribution in [1.29, 1.82) is 0 Å². The predicted molar refractivity (Wildman–Crippen MR) is 70.5 cm³/mol. The Morgan fingerprint density at radius 2 is 2.00 bits per heavy atom. The molecule has 116 valence electrons. The number of esters is 1. The second-order valence-corrected chi connectivity index (χ2v) is 5.56. The molecule has 0 bridgehead atoms. The Morgan fingerprint density at radius 1 is 1.33 bits per heavy atom. The first kappa shape index (κ1) is 16.9. The average molecular weight is 319 g/mol. The summed E-state index contributed by atoms with van der Waals surface area (Å²) in [6, 6.07) is 1.85. The monoisotopic (exact) mass is 319 g/mol. The molecule has 0 atom stereocenters. The summed E-state index contributed by atoms with van der Waals surface area (Å²) in [6.45, 7) is -0.236. The molecule has 0 aliphatic carbocycles. The Morgan fingerprint density at radius 3 is 2.57 bits per heavy atom. The van der Waals surface area contributed by atoms with E-state index in [2.05, 4.69) is 14.8 Å². The van der Waals surface area contributed by atoms with Gasteiger partial charge >= 0.3 is 12.0 Å². The van der Waals surface area contributed by atoms with E-state index < -0.39 is 32.7 Å². The molecule has 0 saturated carbocycles. The zero-order chi connectivity index (χ0) is 16.0. The first-order valence-electron chi connectivity index (χ1n) is 5.69. The fraction of sp³-hybridized carbons (Fsp3) is 0.273. The number of urea groups is 1. The number of primary amides is 1. The lowest BCUT2D eigenvalue weighted by atomic mass is 10.2. The summed E-state index contributed by atoms with van der Waals surface area (Å²) in [7, 11) is -3.07. The second kappa shape index (κ2) is 6.99. The molecule has 1 aromatic carbocycles. The molecule has 0 unspecified atom stereocenters. The van der Waals surface area contributed by atoms with Gasteiger partial charge < -0.3 is 15.8 Å². The lowest BCUT2D eigenvalue weighted by molar-refractivity contribution is 0.0596. The fourth-order valence-corrected chi connectivity index (χ4v) is 2.68. The summed E-state index contributed by atoms with van der Waals surface area (Å²) in [6.07, 6.45) is 0. The molecule has 0 fully saturated rings. The molecule has 0 spiro atoms. The van der Waals surface area contributed by atoms with E-state index in [1.165, 1.54) is 0 Å². The third-order valence-corrected chi connectivity index (χ3v) is 3.86. The van der Waals surface area contributed by atoms with Gasteiger partial charge in [-0.1, -0.05) is 0 Å². The van der Waals surface area contributed by atoms with Gasteiger partial charge in [0.25, 0.3) is 0 Å². The molecule has 1 aromatic rings. The lowest BCUT2D eigenvalue weighted by Crippen LogP contribution is -2.37. The summed E-state index contributed by atoms with van der Waals surface area (Å²) < 4.78 is 43.8. The molecule has 10 heteroatoms. The van der Waals surface area contributed by atoms with Crippen molar-refractivity contribution < 1.29 is 27.1 Å². The van der Waals surface area contributed by atoms with E-state index in [4.69, 9.17) is 5.73 Å². The number of halogens is 1. The van der Waals surface area contributed by atoms with Gasteiger partial charge in [0.05, 0.1) is 17.6 Å². The molecular formula is C11H14FN3O5S. The summed E-state index contributed by atoms with van der Waals surface area (Å²) in [5.74, 6) is -1.73. The van der Waals surface area contributed by atoms with E-state index in [1.54, 1.807) is 0 Å². The van der Waals surface area contributed by atoms with Gasteiger partial charge in [-0.25, -0.2) is 27.1 Å². The molecule has 0 aliphatic rings. The first-order chi connectivity index (χ1) is 9.77. The predicted octanol–water partition coefficient (Wildman–Crippen LogP) is -0.441. The van der Waals surface area contributed by atoms with Gasteiger partial charge in [0.15, 0.2) is 0 Å². The average Bonchev–Trinajstić information content (AvgIpc) is 2.42. The van der Waals surface area contributed by atoms with Gasteiger partial charge in [0, 0.05) is 13.1 Å². The fourth-order valence-electron chi connectivity index (χ4n) is 1.45. The second-order valence-electron chi connectivity index (χ2n) is 3.82. The minimum Gasteiger partial charge on any atom is -0.465 e. The van der Waals surface area contributed by atoms with Crippen LogP contribution in [0.25, 0.3) is 0 Å². The van der Waals surface area contributed by atoms with Gasteiger partial charge in [0.2, 0.25) is 10.0 Å². The molecular weight excluding hydrogens is 305 g/mol. The van der Waals surface area contributed by atoms with E-state index in [0.717, 1.165) is 19.2 Å². The van der Waals surface area contributed by atoms with Gasteiger partial charge in [-0.05, 0) is 18.2 Å². The van der Waals surface area contributed by atoms with Crippen LogP contribution in [0.4, 0.5) is 9.18 Å². The van der Waals surface area contributed by atoms with Gasteiger partial charge in [-0.15, -0.1) is 0 Å². The summed E-state index contributed by atoms with van der Waals surface area (Å²) in [4.78, 5) is 21.4. The maximum absolute atomic E-state index is 13.2. The number of methoxy groups -OCH3 is 1. The summed E-state index contributed by atoms with van der Waals surface area (Å²) in [5, 5.41) is 2.18. The molecule has 21 heavy (non-hydrogen) atoms. The number of carbonyl (C=O) groups is 2. The maximum Gasteiger partial charge on any atom is 0.339 e. The van der Waals surface area contributed by atoms with Crippen LogP contribution >= 0.6 is 0 Å². The number of carbonyl (C=O) groups excluding carboxylic acids is 2. The van der Waals surface area contributed by atoms with E-state index in [-0.39, 0.29) is 18.7 Å². The highest BCUT2D eigenvalue weighted by Crippen LogP contribution is 2.18. The van der Waals surface area contributed by atoms with Crippen LogP contribution in [0.5, 0.6) is 0 Å². The molecule has 1 rings (SSSR count). The zero-order valence-electron chi connectivity index (χ0n) is 11.1. The Labute approximate surface area is 120 Å². The van der Waals surface area contributed by atoms with E-state index >= 15 is 0 Å². The normalized spacial score (nSPS) is 11.0. The largest absolute Gasteiger partial charge is 0.465 e. The lowest BCUT2D eigenvalue weighted by Gasteiger charge is -2.10. The molecule has 0 radical (unpaired) electrons. The van der Waals surface area contributed by atoms with Crippen LogP contribution in [0.1, 0.15) is 10.4 Å². The summed E-state index contributed by atoms with van der Waals surface area (Å²) in [5.41, 5.74) is 4.52. The highest BCUT2D eigenvalue weighted by molar-refractivity contribution is 7.89. The topological polar surface area (TPSA) is 128 Å². The molecule has 8 nitrogen and oxygen atoms in total. The number of nitrogens with one attached hydrogen (secondary N) is 2. The third-order valence-electron chi connectivity index (χ3n) is 2.35. The number of nitrogens with two attached hydrogens (primary N) is 1. The minimum atomic E-state index is -4.15. The van der Waals surface area contributed by atoms with Crippen LogP contribution in [0, 0.1) is 5.82 Å². The Hall–Kier alpha value is -2.20. The van der Waals surface area contributed by atoms with Gasteiger partial charge in [0.1, 0.15) is 5.82 Å². The number of hydrogen-bond donors (Lipinski definition) is 3. The molecule has 2 amide bonds. The molecule has 0 saturated heterocycles. The van der Waals surface area contributed by atoms with Crippen molar-refractivity contribution in [3.8, 4) is 0 Å². The number of rotatable bonds is 6.